The van der Waals surface area contributed by atoms with Crippen LogP contribution in [-0.2, 0) is 11.3 Å². The number of aromatic nitrogens is 3. The first-order valence-electron chi connectivity index (χ1n) is 10.9. The summed E-state index contributed by atoms with van der Waals surface area (Å²) in [6.45, 7) is 4.86. The lowest BCUT2D eigenvalue weighted by atomic mass is 9.87. The van der Waals surface area contributed by atoms with Gasteiger partial charge in [-0.25, -0.2) is 0 Å². The van der Waals surface area contributed by atoms with Gasteiger partial charge in [0.25, 0.3) is 0 Å². The van der Waals surface area contributed by atoms with Crippen molar-refractivity contribution in [3.63, 3.8) is 0 Å². The monoisotopic (exact) mass is 438 g/mol. The van der Waals surface area contributed by atoms with Crippen LogP contribution in [0.2, 0.25) is 0 Å². The summed E-state index contributed by atoms with van der Waals surface area (Å²) in [5, 5.41) is 9.62. The topological polar surface area (TPSA) is 64.2 Å². The number of nitrogens with zero attached hydrogens (tertiary/aromatic N) is 4. The van der Waals surface area contributed by atoms with E-state index in [4.69, 9.17) is 4.42 Å². The minimum absolute atomic E-state index is 0.153. The smallest absolute Gasteiger partial charge is 0.233 e. The number of hydrogen-bond acceptors (Lipinski definition) is 5. The fraction of sp³-hybridized carbons (Fsp3) is 0.458. The first kappa shape index (κ1) is 21.7. The van der Waals surface area contributed by atoms with Gasteiger partial charge in [0.1, 0.15) is 5.76 Å². The van der Waals surface area contributed by atoms with Crippen LogP contribution in [-0.4, -0.2) is 44.4 Å². The molecule has 0 aliphatic heterocycles. The van der Waals surface area contributed by atoms with Crippen molar-refractivity contribution in [3.05, 3.63) is 54.0 Å². The summed E-state index contributed by atoms with van der Waals surface area (Å²) >= 11 is 1.46. The first-order chi connectivity index (χ1) is 15.0. The van der Waals surface area contributed by atoms with Crippen molar-refractivity contribution in [2.24, 2.45) is 5.92 Å². The van der Waals surface area contributed by atoms with Gasteiger partial charge in [0.05, 0.1) is 24.1 Å². The number of rotatable bonds is 7. The average Bonchev–Trinajstić information content (AvgIpc) is 3.38. The molecule has 0 radical (unpaired) electrons. The number of furan rings is 1. The Morgan fingerprint density at radius 1 is 1.16 bits per heavy atom. The van der Waals surface area contributed by atoms with E-state index in [9.17, 15) is 4.79 Å². The highest BCUT2D eigenvalue weighted by atomic mass is 32.2. The fourth-order valence-electron chi connectivity index (χ4n) is 4.18. The van der Waals surface area contributed by atoms with Gasteiger partial charge in [-0.2, -0.15) is 0 Å². The Hall–Kier alpha value is -2.54. The number of thioether (sulfide) groups is 1. The highest BCUT2D eigenvalue weighted by molar-refractivity contribution is 7.99. The van der Waals surface area contributed by atoms with Crippen molar-refractivity contribution < 1.29 is 9.21 Å². The summed E-state index contributed by atoms with van der Waals surface area (Å²) in [5.74, 6) is 2.86. The van der Waals surface area contributed by atoms with E-state index < -0.39 is 0 Å². The maximum Gasteiger partial charge on any atom is 0.233 e. The Labute approximate surface area is 188 Å². The predicted molar refractivity (Wildman–Crippen MR) is 123 cm³/mol. The van der Waals surface area contributed by atoms with Crippen LogP contribution in [0.3, 0.4) is 0 Å². The number of benzene rings is 1. The van der Waals surface area contributed by atoms with Gasteiger partial charge in [0.15, 0.2) is 11.0 Å². The Balaban J connectivity index is 1.50. The van der Waals surface area contributed by atoms with Gasteiger partial charge < -0.3 is 9.32 Å². The molecule has 1 fully saturated rings. The van der Waals surface area contributed by atoms with Crippen LogP contribution in [0.4, 0.5) is 0 Å². The van der Waals surface area contributed by atoms with E-state index in [1.165, 1.54) is 24.6 Å². The molecule has 3 aromatic rings. The molecule has 0 saturated heterocycles. The van der Waals surface area contributed by atoms with Gasteiger partial charge in [-0.3, -0.25) is 9.36 Å². The largest absolute Gasteiger partial charge is 0.469 e. The standard InChI is InChI=1S/C24H30N4O2S/c1-17-9-11-20(12-10-17)27(3)22(29)16-31-24-26-25-23(21-13-14-30-18(21)2)28(24)15-19-7-5-4-6-8-19/h4-8,13-14,17,20H,9-12,15-16H2,1-3H3. The van der Waals surface area contributed by atoms with Crippen molar-refractivity contribution in [1.29, 1.82) is 0 Å². The summed E-state index contributed by atoms with van der Waals surface area (Å²) in [4.78, 5) is 14.8. The number of amides is 1. The van der Waals surface area contributed by atoms with Crippen molar-refractivity contribution in [2.45, 2.75) is 57.3 Å². The minimum Gasteiger partial charge on any atom is -0.469 e. The normalized spacial score (nSPS) is 18.8. The number of aryl methyl sites for hydroxylation is 1. The quantitative estimate of drug-likeness (QED) is 0.485. The molecule has 0 spiro atoms. The molecular weight excluding hydrogens is 408 g/mol. The highest BCUT2D eigenvalue weighted by Gasteiger charge is 2.25. The third-order valence-corrected chi connectivity index (χ3v) is 7.20. The molecule has 1 aromatic carbocycles. The Kier molecular flexibility index (Phi) is 6.80. The summed E-state index contributed by atoms with van der Waals surface area (Å²) in [6, 6.07) is 12.5. The Bertz CT molecular complexity index is 1010. The molecule has 164 valence electrons. The van der Waals surface area contributed by atoms with Crippen molar-refractivity contribution >= 4 is 17.7 Å². The van der Waals surface area contributed by atoms with E-state index in [0.717, 1.165) is 46.6 Å². The zero-order valence-electron chi connectivity index (χ0n) is 18.5. The minimum atomic E-state index is 0.153. The molecule has 0 N–H and O–H groups in total. The second kappa shape index (κ2) is 9.73. The van der Waals surface area contributed by atoms with Crippen LogP contribution in [0.15, 0.2) is 52.2 Å². The first-order valence-corrected chi connectivity index (χ1v) is 11.9. The molecular formula is C24H30N4O2S. The molecule has 1 aliphatic rings. The maximum absolute atomic E-state index is 12.9. The van der Waals surface area contributed by atoms with E-state index >= 15 is 0 Å². The lowest BCUT2D eigenvalue weighted by Gasteiger charge is -2.33. The molecule has 2 aromatic heterocycles. The van der Waals surface area contributed by atoms with Crippen molar-refractivity contribution in [3.8, 4) is 11.4 Å². The van der Waals surface area contributed by atoms with Gasteiger partial charge in [0.2, 0.25) is 5.91 Å². The van der Waals surface area contributed by atoms with E-state index in [0.29, 0.717) is 18.3 Å². The molecule has 0 unspecified atom stereocenters. The van der Waals surface area contributed by atoms with Crippen LogP contribution in [0, 0.1) is 12.8 Å². The number of hydrogen-bond donors (Lipinski definition) is 0. The second-order valence-electron chi connectivity index (χ2n) is 8.48. The number of carbonyl (C=O) groups is 1. The van der Waals surface area contributed by atoms with Gasteiger partial charge in [-0.1, -0.05) is 49.0 Å². The summed E-state index contributed by atoms with van der Waals surface area (Å²) in [6.07, 6.45) is 6.27. The van der Waals surface area contributed by atoms with Crippen LogP contribution >= 0.6 is 11.8 Å². The van der Waals surface area contributed by atoms with E-state index in [1.54, 1.807) is 6.26 Å². The molecule has 0 bridgehead atoms. The molecule has 7 heteroatoms. The van der Waals surface area contributed by atoms with Crippen LogP contribution in [0.5, 0.6) is 0 Å². The molecule has 4 rings (SSSR count). The Morgan fingerprint density at radius 2 is 1.90 bits per heavy atom. The molecule has 0 atom stereocenters. The van der Waals surface area contributed by atoms with Gasteiger partial charge in [-0.05, 0) is 50.2 Å². The number of carbonyl (C=O) groups excluding carboxylic acids is 1. The average molecular weight is 439 g/mol. The van der Waals surface area contributed by atoms with E-state index in [-0.39, 0.29) is 5.91 Å². The molecule has 1 amide bonds. The zero-order valence-corrected chi connectivity index (χ0v) is 19.3. The molecule has 2 heterocycles. The summed E-state index contributed by atoms with van der Waals surface area (Å²) in [5.41, 5.74) is 2.08. The van der Waals surface area contributed by atoms with Crippen LogP contribution in [0.1, 0.15) is 43.9 Å². The lowest BCUT2D eigenvalue weighted by Crippen LogP contribution is -2.40. The highest BCUT2D eigenvalue weighted by Crippen LogP contribution is 2.29. The van der Waals surface area contributed by atoms with E-state index in [1.807, 2.05) is 43.1 Å². The maximum atomic E-state index is 12.9. The second-order valence-corrected chi connectivity index (χ2v) is 9.42. The molecule has 1 saturated carbocycles. The van der Waals surface area contributed by atoms with Gasteiger partial charge >= 0.3 is 0 Å². The Morgan fingerprint density at radius 3 is 2.58 bits per heavy atom. The van der Waals surface area contributed by atoms with Gasteiger partial charge in [0, 0.05) is 13.1 Å². The summed E-state index contributed by atoms with van der Waals surface area (Å²) < 4.78 is 7.57. The SMILES string of the molecule is Cc1occc1-c1nnc(SCC(=O)N(C)C2CCC(C)CC2)n1Cc1ccccc1. The zero-order chi connectivity index (χ0) is 21.8. The fourth-order valence-corrected chi connectivity index (χ4v) is 5.04. The third kappa shape index (κ3) is 5.03. The van der Waals surface area contributed by atoms with Crippen molar-refractivity contribution in [1.82, 2.24) is 19.7 Å². The predicted octanol–water partition coefficient (Wildman–Crippen LogP) is 5.02. The van der Waals surface area contributed by atoms with E-state index in [2.05, 4.69) is 33.8 Å². The van der Waals surface area contributed by atoms with Crippen LogP contribution in [0.25, 0.3) is 11.4 Å². The molecule has 6 nitrogen and oxygen atoms in total. The summed E-state index contributed by atoms with van der Waals surface area (Å²) in [7, 11) is 1.94. The molecule has 31 heavy (non-hydrogen) atoms. The third-order valence-electron chi connectivity index (χ3n) is 6.25. The van der Waals surface area contributed by atoms with Crippen LogP contribution < -0.4 is 0 Å². The van der Waals surface area contributed by atoms with Gasteiger partial charge in [-0.15, -0.1) is 10.2 Å². The van der Waals surface area contributed by atoms with Crippen molar-refractivity contribution in [2.75, 3.05) is 12.8 Å². The lowest BCUT2D eigenvalue weighted by molar-refractivity contribution is -0.129. The molecule has 1 aliphatic carbocycles.